The summed E-state index contributed by atoms with van der Waals surface area (Å²) in [5.74, 6) is -0.325. The van der Waals surface area contributed by atoms with Gasteiger partial charge >= 0.3 is 6.03 Å². The molecule has 1 aliphatic rings. The average molecular weight is 446 g/mol. The van der Waals surface area contributed by atoms with Gasteiger partial charge in [-0.25, -0.2) is 13.2 Å². The average Bonchev–Trinajstić information content (AvgIpc) is 2.75. The number of rotatable bonds is 7. The number of amides is 3. The van der Waals surface area contributed by atoms with Crippen LogP contribution < -0.4 is 16.0 Å². The SMILES string of the molecule is CN1CCN(S(=O)(=O)c2cccc(NC(=O)CCNC(=O)Nc3ccccc3)c2)CC1. The van der Waals surface area contributed by atoms with Crippen LogP contribution in [0.4, 0.5) is 16.2 Å². The summed E-state index contributed by atoms with van der Waals surface area (Å²) < 4.78 is 27.2. The lowest BCUT2D eigenvalue weighted by Gasteiger charge is -2.31. The van der Waals surface area contributed by atoms with E-state index in [1.807, 2.05) is 13.1 Å². The van der Waals surface area contributed by atoms with E-state index in [1.165, 1.54) is 16.4 Å². The van der Waals surface area contributed by atoms with Crippen LogP contribution in [0.3, 0.4) is 0 Å². The van der Waals surface area contributed by atoms with Crippen molar-refractivity contribution < 1.29 is 18.0 Å². The molecule has 166 valence electrons. The van der Waals surface area contributed by atoms with E-state index in [-0.39, 0.29) is 23.8 Å². The molecule has 3 amide bonds. The second kappa shape index (κ2) is 10.4. The Hall–Kier alpha value is -2.95. The van der Waals surface area contributed by atoms with Gasteiger partial charge < -0.3 is 20.9 Å². The predicted molar refractivity (Wildman–Crippen MR) is 119 cm³/mol. The molecule has 1 fully saturated rings. The van der Waals surface area contributed by atoms with Crippen LogP contribution in [0.15, 0.2) is 59.5 Å². The number of benzene rings is 2. The summed E-state index contributed by atoms with van der Waals surface area (Å²) in [6.45, 7) is 2.38. The van der Waals surface area contributed by atoms with Crippen molar-refractivity contribution in [3.63, 3.8) is 0 Å². The molecule has 0 unspecified atom stereocenters. The molecular weight excluding hydrogens is 418 g/mol. The second-order valence-corrected chi connectivity index (χ2v) is 9.22. The van der Waals surface area contributed by atoms with Gasteiger partial charge in [0, 0.05) is 50.5 Å². The molecule has 3 N–H and O–H groups in total. The van der Waals surface area contributed by atoms with Crippen molar-refractivity contribution >= 4 is 33.3 Å². The van der Waals surface area contributed by atoms with Gasteiger partial charge in [-0.1, -0.05) is 24.3 Å². The molecule has 0 spiro atoms. The number of hydrogen-bond acceptors (Lipinski definition) is 5. The van der Waals surface area contributed by atoms with Crippen molar-refractivity contribution in [1.82, 2.24) is 14.5 Å². The molecule has 0 atom stereocenters. The normalized spacial score (nSPS) is 15.3. The summed E-state index contributed by atoms with van der Waals surface area (Å²) in [6.07, 6.45) is 0.0532. The highest BCUT2D eigenvalue weighted by Crippen LogP contribution is 2.21. The lowest BCUT2D eigenvalue weighted by atomic mass is 10.3. The second-order valence-electron chi connectivity index (χ2n) is 7.28. The molecule has 0 radical (unpaired) electrons. The zero-order chi connectivity index (χ0) is 22.3. The Morgan fingerprint density at radius 2 is 1.58 bits per heavy atom. The summed E-state index contributed by atoms with van der Waals surface area (Å²) in [4.78, 5) is 26.3. The van der Waals surface area contributed by atoms with Crippen LogP contribution in [0.1, 0.15) is 6.42 Å². The Kier molecular flexibility index (Phi) is 7.61. The molecule has 0 aromatic heterocycles. The number of carbonyl (C=O) groups is 2. The van der Waals surface area contributed by atoms with Crippen LogP contribution in [0, 0.1) is 0 Å². The maximum absolute atomic E-state index is 12.9. The summed E-state index contributed by atoms with van der Waals surface area (Å²) in [5.41, 5.74) is 1.05. The lowest BCUT2D eigenvalue weighted by molar-refractivity contribution is -0.116. The Bertz CT molecular complexity index is 1010. The predicted octanol–water partition coefficient (Wildman–Crippen LogP) is 1.77. The molecule has 2 aromatic rings. The van der Waals surface area contributed by atoms with E-state index in [4.69, 9.17) is 0 Å². The third-order valence-corrected chi connectivity index (χ3v) is 6.78. The first-order valence-electron chi connectivity index (χ1n) is 10.0. The van der Waals surface area contributed by atoms with Crippen molar-refractivity contribution in [1.29, 1.82) is 0 Å². The van der Waals surface area contributed by atoms with Gasteiger partial charge in [-0.3, -0.25) is 4.79 Å². The molecule has 0 aliphatic carbocycles. The van der Waals surface area contributed by atoms with Crippen LogP contribution in [0.25, 0.3) is 0 Å². The standard InChI is InChI=1S/C21H27N5O4S/c1-25-12-14-26(15-13-25)31(29,30)19-9-5-8-18(16-19)23-20(27)10-11-22-21(28)24-17-6-3-2-4-7-17/h2-9,16H,10-15H2,1H3,(H,23,27)(H2,22,24,28). The zero-order valence-electron chi connectivity index (χ0n) is 17.4. The van der Waals surface area contributed by atoms with E-state index in [1.54, 1.807) is 36.4 Å². The number of carbonyl (C=O) groups excluding carboxylic acids is 2. The van der Waals surface area contributed by atoms with Crippen molar-refractivity contribution in [3.8, 4) is 0 Å². The molecule has 31 heavy (non-hydrogen) atoms. The smallest absolute Gasteiger partial charge is 0.319 e. The van der Waals surface area contributed by atoms with E-state index in [2.05, 4.69) is 20.9 Å². The largest absolute Gasteiger partial charge is 0.337 e. The highest BCUT2D eigenvalue weighted by atomic mass is 32.2. The van der Waals surface area contributed by atoms with Crippen molar-refractivity contribution in [2.24, 2.45) is 0 Å². The summed E-state index contributed by atoms with van der Waals surface area (Å²) in [6, 6.07) is 14.8. The number of piperazine rings is 1. The number of urea groups is 1. The number of nitrogens with one attached hydrogen (secondary N) is 3. The van der Waals surface area contributed by atoms with Crippen LogP contribution in [0.5, 0.6) is 0 Å². The van der Waals surface area contributed by atoms with Gasteiger partial charge in [-0.05, 0) is 37.4 Å². The third kappa shape index (κ3) is 6.51. The van der Waals surface area contributed by atoms with E-state index in [0.29, 0.717) is 37.6 Å². The van der Waals surface area contributed by atoms with Crippen molar-refractivity contribution in [3.05, 3.63) is 54.6 Å². The maximum atomic E-state index is 12.9. The third-order valence-electron chi connectivity index (χ3n) is 4.89. The van der Waals surface area contributed by atoms with Crippen molar-refractivity contribution in [2.75, 3.05) is 50.4 Å². The van der Waals surface area contributed by atoms with Crippen LogP contribution >= 0.6 is 0 Å². The van der Waals surface area contributed by atoms with Crippen LogP contribution in [-0.2, 0) is 14.8 Å². The van der Waals surface area contributed by atoms with E-state index in [0.717, 1.165) is 0 Å². The first-order chi connectivity index (χ1) is 14.8. The fourth-order valence-electron chi connectivity index (χ4n) is 3.12. The molecule has 0 bridgehead atoms. The number of hydrogen-bond donors (Lipinski definition) is 3. The molecular formula is C21H27N5O4S. The Morgan fingerprint density at radius 3 is 2.29 bits per heavy atom. The first-order valence-corrected chi connectivity index (χ1v) is 11.5. The minimum atomic E-state index is -3.61. The van der Waals surface area contributed by atoms with Crippen LogP contribution in [0.2, 0.25) is 0 Å². The van der Waals surface area contributed by atoms with E-state index in [9.17, 15) is 18.0 Å². The quantitative estimate of drug-likeness (QED) is 0.602. The molecule has 1 heterocycles. The Labute approximate surface area is 182 Å². The summed E-state index contributed by atoms with van der Waals surface area (Å²) >= 11 is 0. The molecule has 1 aliphatic heterocycles. The van der Waals surface area contributed by atoms with E-state index >= 15 is 0 Å². The van der Waals surface area contributed by atoms with Gasteiger partial charge in [0.2, 0.25) is 15.9 Å². The van der Waals surface area contributed by atoms with E-state index < -0.39 is 16.1 Å². The molecule has 0 saturated carbocycles. The summed E-state index contributed by atoms with van der Waals surface area (Å²) in [5, 5.41) is 7.97. The van der Waals surface area contributed by atoms with Crippen molar-refractivity contribution in [2.45, 2.75) is 11.3 Å². The van der Waals surface area contributed by atoms with Gasteiger partial charge in [-0.15, -0.1) is 0 Å². The fraction of sp³-hybridized carbons (Fsp3) is 0.333. The number of para-hydroxylation sites is 1. The molecule has 2 aromatic carbocycles. The Morgan fingerprint density at radius 1 is 0.903 bits per heavy atom. The number of likely N-dealkylation sites (N-methyl/N-ethyl adjacent to an activating group) is 1. The van der Waals surface area contributed by atoms with Crippen LogP contribution in [-0.4, -0.2) is 69.3 Å². The molecule has 9 nitrogen and oxygen atoms in total. The van der Waals surface area contributed by atoms with Gasteiger partial charge in [0.05, 0.1) is 4.90 Å². The monoisotopic (exact) mass is 445 g/mol. The summed E-state index contributed by atoms with van der Waals surface area (Å²) in [7, 11) is -1.65. The van der Waals surface area contributed by atoms with Gasteiger partial charge in [0.25, 0.3) is 0 Å². The Balaban J connectivity index is 1.50. The lowest BCUT2D eigenvalue weighted by Crippen LogP contribution is -2.47. The fourth-order valence-corrected chi connectivity index (χ4v) is 4.59. The highest BCUT2D eigenvalue weighted by Gasteiger charge is 2.27. The maximum Gasteiger partial charge on any atom is 0.319 e. The number of sulfonamides is 1. The minimum Gasteiger partial charge on any atom is -0.337 e. The minimum absolute atomic E-state index is 0.0532. The molecule has 10 heteroatoms. The molecule has 1 saturated heterocycles. The number of nitrogens with zero attached hydrogens (tertiary/aromatic N) is 2. The van der Waals surface area contributed by atoms with Gasteiger partial charge in [0.1, 0.15) is 0 Å². The van der Waals surface area contributed by atoms with Gasteiger partial charge in [-0.2, -0.15) is 4.31 Å². The zero-order valence-corrected chi connectivity index (χ0v) is 18.2. The first kappa shape index (κ1) is 22.7. The highest BCUT2D eigenvalue weighted by molar-refractivity contribution is 7.89. The topological polar surface area (TPSA) is 111 Å². The number of anilines is 2. The molecule has 3 rings (SSSR count). The van der Waals surface area contributed by atoms with Gasteiger partial charge in [0.15, 0.2) is 0 Å².